The third-order valence-corrected chi connectivity index (χ3v) is 5.78. The Balaban J connectivity index is 1.73. The van der Waals surface area contributed by atoms with Crippen molar-refractivity contribution in [2.45, 2.75) is 18.9 Å². The normalized spacial score (nSPS) is 19.4. The van der Waals surface area contributed by atoms with E-state index in [2.05, 4.69) is 7.05 Å². The summed E-state index contributed by atoms with van der Waals surface area (Å²) in [6, 6.07) is 7.24. The summed E-state index contributed by atoms with van der Waals surface area (Å²) in [6.07, 6.45) is 1.21. The average molecular weight is 400 g/mol. The van der Waals surface area contributed by atoms with E-state index in [0.29, 0.717) is 40.7 Å². The van der Waals surface area contributed by atoms with Crippen LogP contribution in [0.1, 0.15) is 33.9 Å². The molecule has 0 aromatic heterocycles. The summed E-state index contributed by atoms with van der Waals surface area (Å²) in [7, 11) is 6.88. The van der Waals surface area contributed by atoms with Gasteiger partial charge in [-0.05, 0) is 29.8 Å². The molecule has 7 heteroatoms. The number of hydrogen-bond acceptors (Lipinski definition) is 6. The number of fused-ring (bicyclic) bond motifs is 2. The number of benzene rings is 2. The lowest BCUT2D eigenvalue weighted by molar-refractivity contribution is -0.913. The Bertz CT molecular complexity index is 941. The number of quaternary nitrogens is 1. The molecule has 2 aromatic rings. The van der Waals surface area contributed by atoms with Crippen molar-refractivity contribution in [1.82, 2.24) is 0 Å². The molecule has 0 bridgehead atoms. The molecule has 0 spiro atoms. The molecule has 4 rings (SSSR count). The molecular formula is C22H26NO6+. The van der Waals surface area contributed by atoms with Crippen LogP contribution in [0.5, 0.6) is 28.7 Å². The van der Waals surface area contributed by atoms with Gasteiger partial charge >= 0.3 is 0 Å². The van der Waals surface area contributed by atoms with Gasteiger partial charge in [0.15, 0.2) is 17.3 Å². The summed E-state index contributed by atoms with van der Waals surface area (Å²) in [4.78, 5) is 14.6. The molecule has 0 saturated heterocycles. The Morgan fingerprint density at radius 1 is 1.14 bits per heavy atom. The van der Waals surface area contributed by atoms with Crippen LogP contribution >= 0.6 is 0 Å². The Labute approximate surface area is 170 Å². The van der Waals surface area contributed by atoms with Crippen LogP contribution in [0.15, 0.2) is 24.3 Å². The minimum atomic E-state index is -0.0633. The summed E-state index contributed by atoms with van der Waals surface area (Å²) in [5, 5.41) is 0. The third-order valence-electron chi connectivity index (χ3n) is 5.78. The maximum atomic E-state index is 13.3. The van der Waals surface area contributed by atoms with Gasteiger partial charge in [0.05, 0.1) is 52.5 Å². The van der Waals surface area contributed by atoms with Crippen molar-refractivity contribution in [3.05, 3.63) is 41.0 Å². The smallest absolute Gasteiger partial charge is 0.231 e. The van der Waals surface area contributed by atoms with E-state index in [1.165, 1.54) is 4.90 Å². The molecule has 29 heavy (non-hydrogen) atoms. The van der Waals surface area contributed by atoms with E-state index in [9.17, 15) is 4.79 Å². The number of carbonyl (C=O) groups is 1. The monoisotopic (exact) mass is 400 g/mol. The fourth-order valence-corrected chi connectivity index (χ4v) is 4.22. The van der Waals surface area contributed by atoms with Crippen molar-refractivity contribution < 1.29 is 33.4 Å². The van der Waals surface area contributed by atoms with Crippen molar-refractivity contribution in [3.8, 4) is 28.7 Å². The van der Waals surface area contributed by atoms with Gasteiger partial charge in [0.2, 0.25) is 12.5 Å². The minimum Gasteiger partial charge on any atom is -0.497 e. The largest absolute Gasteiger partial charge is 0.497 e. The average Bonchev–Trinajstić information content (AvgIpc) is 3.21. The lowest BCUT2D eigenvalue weighted by atomic mass is 9.87. The SMILES string of the molecule is COc1ccc(OC)c(C(=O)C[C@@H]2c3c(cc4c(c3OC)OCO4)CC[NH+]2C)c1. The zero-order chi connectivity index (χ0) is 20.5. The van der Waals surface area contributed by atoms with Crippen LogP contribution in [0.3, 0.4) is 0 Å². The number of ketones is 1. The zero-order valence-electron chi connectivity index (χ0n) is 17.2. The van der Waals surface area contributed by atoms with Gasteiger partial charge in [-0.3, -0.25) is 4.79 Å². The lowest BCUT2D eigenvalue weighted by Gasteiger charge is -2.32. The second-order valence-corrected chi connectivity index (χ2v) is 7.31. The maximum Gasteiger partial charge on any atom is 0.231 e. The highest BCUT2D eigenvalue weighted by atomic mass is 16.7. The van der Waals surface area contributed by atoms with Gasteiger partial charge in [-0.2, -0.15) is 0 Å². The van der Waals surface area contributed by atoms with Gasteiger partial charge in [0.25, 0.3) is 0 Å². The third kappa shape index (κ3) is 3.35. The molecular weight excluding hydrogens is 374 g/mol. The van der Waals surface area contributed by atoms with Crippen molar-refractivity contribution in [2.75, 3.05) is 41.7 Å². The highest BCUT2D eigenvalue weighted by Gasteiger charge is 2.38. The van der Waals surface area contributed by atoms with Crippen LogP contribution in [0, 0.1) is 0 Å². The zero-order valence-corrected chi connectivity index (χ0v) is 17.2. The Morgan fingerprint density at radius 2 is 1.97 bits per heavy atom. The molecule has 0 fully saturated rings. The van der Waals surface area contributed by atoms with Gasteiger partial charge in [-0.15, -0.1) is 0 Å². The Morgan fingerprint density at radius 3 is 2.69 bits per heavy atom. The number of hydrogen-bond donors (Lipinski definition) is 1. The van der Waals surface area contributed by atoms with Crippen molar-refractivity contribution in [1.29, 1.82) is 0 Å². The summed E-state index contributed by atoms with van der Waals surface area (Å²) in [6.45, 7) is 1.10. The summed E-state index contributed by atoms with van der Waals surface area (Å²) in [5.41, 5.74) is 2.69. The predicted molar refractivity (Wildman–Crippen MR) is 106 cm³/mol. The number of nitrogens with one attached hydrogen (secondary N) is 1. The van der Waals surface area contributed by atoms with E-state index in [1.54, 1.807) is 39.5 Å². The Kier molecular flexibility index (Phi) is 5.24. The fraction of sp³-hybridized carbons (Fsp3) is 0.409. The molecule has 0 radical (unpaired) electrons. The second-order valence-electron chi connectivity index (χ2n) is 7.31. The van der Waals surface area contributed by atoms with E-state index in [-0.39, 0.29) is 18.6 Å². The van der Waals surface area contributed by atoms with Crippen molar-refractivity contribution >= 4 is 5.78 Å². The van der Waals surface area contributed by atoms with Gasteiger partial charge in [-0.1, -0.05) is 0 Å². The van der Waals surface area contributed by atoms with Crippen LogP contribution in [-0.4, -0.2) is 47.5 Å². The van der Waals surface area contributed by atoms with Crippen LogP contribution in [0.4, 0.5) is 0 Å². The standard InChI is InChI=1S/C22H25NO6/c1-23-8-7-13-9-19-21(29-12-28-19)22(27-4)20(13)16(23)11-17(24)15-10-14(25-2)5-6-18(15)26-3/h5-6,9-10,16H,7-8,11-12H2,1-4H3/p+1/t16-/m1/s1. The first kappa shape index (κ1) is 19.4. The molecule has 1 N–H and O–H groups in total. The molecule has 2 aliphatic rings. The van der Waals surface area contributed by atoms with E-state index < -0.39 is 0 Å². The molecule has 0 saturated carbocycles. The number of methoxy groups -OCH3 is 3. The molecule has 2 aromatic carbocycles. The first-order valence-corrected chi connectivity index (χ1v) is 9.64. The lowest BCUT2D eigenvalue weighted by Crippen LogP contribution is -3.10. The van der Waals surface area contributed by atoms with E-state index in [0.717, 1.165) is 24.1 Å². The summed E-state index contributed by atoms with van der Waals surface area (Å²) < 4.78 is 27.7. The van der Waals surface area contributed by atoms with Gasteiger partial charge in [-0.25, -0.2) is 0 Å². The van der Waals surface area contributed by atoms with Crippen LogP contribution < -0.4 is 28.6 Å². The molecule has 154 valence electrons. The number of ether oxygens (including phenoxy) is 5. The molecule has 2 atom stereocenters. The number of rotatable bonds is 6. The van der Waals surface area contributed by atoms with Crippen molar-refractivity contribution in [3.63, 3.8) is 0 Å². The molecule has 2 aliphatic heterocycles. The maximum absolute atomic E-state index is 13.3. The van der Waals surface area contributed by atoms with Gasteiger partial charge in [0, 0.05) is 6.42 Å². The molecule has 7 nitrogen and oxygen atoms in total. The summed E-state index contributed by atoms with van der Waals surface area (Å²) in [5.74, 6) is 3.17. The first-order valence-electron chi connectivity index (χ1n) is 9.64. The second kappa shape index (κ2) is 7.83. The van der Waals surface area contributed by atoms with Crippen LogP contribution in [0.2, 0.25) is 0 Å². The summed E-state index contributed by atoms with van der Waals surface area (Å²) >= 11 is 0. The molecule has 1 unspecified atom stereocenters. The molecule has 2 heterocycles. The highest BCUT2D eigenvalue weighted by Crippen LogP contribution is 2.48. The van der Waals surface area contributed by atoms with Gasteiger partial charge < -0.3 is 28.6 Å². The first-order chi connectivity index (χ1) is 14.1. The Hall–Kier alpha value is -2.93. The van der Waals surface area contributed by atoms with Crippen molar-refractivity contribution in [2.24, 2.45) is 0 Å². The van der Waals surface area contributed by atoms with Crippen LogP contribution in [0.25, 0.3) is 0 Å². The number of carbonyl (C=O) groups excluding carboxylic acids is 1. The van der Waals surface area contributed by atoms with Crippen LogP contribution in [-0.2, 0) is 6.42 Å². The van der Waals surface area contributed by atoms with E-state index in [1.807, 2.05) is 6.07 Å². The molecule has 0 amide bonds. The topological polar surface area (TPSA) is 67.7 Å². The van der Waals surface area contributed by atoms with E-state index in [4.69, 9.17) is 23.7 Å². The highest BCUT2D eigenvalue weighted by molar-refractivity contribution is 5.99. The number of Topliss-reactive ketones (excluding diaryl/α,β-unsaturated/α-hetero) is 1. The van der Waals surface area contributed by atoms with E-state index >= 15 is 0 Å². The minimum absolute atomic E-state index is 0.00216. The quantitative estimate of drug-likeness (QED) is 0.747. The molecule has 0 aliphatic carbocycles. The van der Waals surface area contributed by atoms with Gasteiger partial charge in [0.1, 0.15) is 17.5 Å². The fourth-order valence-electron chi connectivity index (χ4n) is 4.22. The number of likely N-dealkylation sites (N-methyl/N-ethyl adjacent to an activating group) is 1. The predicted octanol–water partition coefficient (Wildman–Crippen LogP) is 1.83.